The van der Waals surface area contributed by atoms with E-state index < -0.39 is 0 Å². The second-order valence-corrected chi connectivity index (χ2v) is 5.03. The van der Waals surface area contributed by atoms with Gasteiger partial charge >= 0.3 is 0 Å². The summed E-state index contributed by atoms with van der Waals surface area (Å²) in [4.78, 5) is 0. The van der Waals surface area contributed by atoms with Crippen LogP contribution in [0.2, 0.25) is 5.02 Å². The maximum Gasteiger partial charge on any atom is 0.137 e. The fraction of sp³-hybridized carbons (Fsp3) is 0.538. The van der Waals surface area contributed by atoms with Gasteiger partial charge in [0, 0.05) is 6.04 Å². The molecule has 1 fully saturated rings. The maximum absolute atomic E-state index is 10.1. The zero-order chi connectivity index (χ0) is 11.7. The summed E-state index contributed by atoms with van der Waals surface area (Å²) in [5, 5.41) is 14.0. The highest BCUT2D eigenvalue weighted by molar-refractivity contribution is 6.32. The third-order valence-corrected chi connectivity index (χ3v) is 3.84. The SMILES string of the molecule is Cc1cc(C)c(CC2CCCN2)c(O)c1Cl. The molecule has 0 aliphatic carbocycles. The molecule has 0 radical (unpaired) electrons. The average Bonchev–Trinajstić information content (AvgIpc) is 2.74. The lowest BCUT2D eigenvalue weighted by atomic mass is 9.97. The van der Waals surface area contributed by atoms with Gasteiger partial charge in [-0.2, -0.15) is 0 Å². The molecule has 1 aromatic rings. The van der Waals surface area contributed by atoms with Gasteiger partial charge in [0.2, 0.25) is 0 Å². The van der Waals surface area contributed by atoms with E-state index in [0.29, 0.717) is 11.1 Å². The van der Waals surface area contributed by atoms with Gasteiger partial charge < -0.3 is 10.4 Å². The highest BCUT2D eigenvalue weighted by Crippen LogP contribution is 2.34. The van der Waals surface area contributed by atoms with E-state index in [2.05, 4.69) is 5.32 Å². The van der Waals surface area contributed by atoms with Crippen molar-refractivity contribution in [2.45, 2.75) is 39.2 Å². The minimum absolute atomic E-state index is 0.271. The van der Waals surface area contributed by atoms with Gasteiger partial charge in [0.25, 0.3) is 0 Å². The van der Waals surface area contributed by atoms with Crippen LogP contribution in [0, 0.1) is 13.8 Å². The fourth-order valence-electron chi connectivity index (χ4n) is 2.42. The lowest BCUT2D eigenvalue weighted by molar-refractivity contribution is 0.461. The number of hydrogen-bond acceptors (Lipinski definition) is 2. The topological polar surface area (TPSA) is 32.3 Å². The number of phenols is 1. The van der Waals surface area contributed by atoms with Crippen LogP contribution in [0.5, 0.6) is 5.75 Å². The van der Waals surface area contributed by atoms with Gasteiger partial charge in [0.1, 0.15) is 5.75 Å². The van der Waals surface area contributed by atoms with Crippen LogP contribution in [0.15, 0.2) is 6.07 Å². The molecule has 1 heterocycles. The van der Waals surface area contributed by atoms with Gasteiger partial charge in [-0.1, -0.05) is 17.7 Å². The van der Waals surface area contributed by atoms with Gasteiger partial charge in [-0.25, -0.2) is 0 Å². The number of phenolic OH excluding ortho intramolecular Hbond substituents is 1. The molecule has 1 aliphatic rings. The van der Waals surface area contributed by atoms with Crippen LogP contribution in [0.25, 0.3) is 0 Å². The summed E-state index contributed by atoms with van der Waals surface area (Å²) >= 11 is 6.07. The van der Waals surface area contributed by atoms with E-state index in [1.807, 2.05) is 19.9 Å². The summed E-state index contributed by atoms with van der Waals surface area (Å²) in [6, 6.07) is 2.54. The van der Waals surface area contributed by atoms with Crippen LogP contribution >= 0.6 is 11.6 Å². The second kappa shape index (κ2) is 4.64. The standard InChI is InChI=1S/C13H18ClNO/c1-8-6-9(2)12(14)13(16)11(8)7-10-4-3-5-15-10/h6,10,15-16H,3-5,7H2,1-2H3. The molecule has 1 atom stereocenters. The Labute approximate surface area is 102 Å². The van der Waals surface area contributed by atoms with Crippen molar-refractivity contribution in [2.75, 3.05) is 6.54 Å². The molecular weight excluding hydrogens is 222 g/mol. The highest BCUT2D eigenvalue weighted by Gasteiger charge is 2.19. The molecule has 1 saturated heterocycles. The number of aryl methyl sites for hydroxylation is 2. The molecule has 3 heteroatoms. The van der Waals surface area contributed by atoms with E-state index in [4.69, 9.17) is 11.6 Å². The van der Waals surface area contributed by atoms with E-state index in [1.165, 1.54) is 12.8 Å². The number of aromatic hydroxyl groups is 1. The van der Waals surface area contributed by atoms with Crippen LogP contribution < -0.4 is 5.32 Å². The fourth-order valence-corrected chi connectivity index (χ4v) is 2.58. The second-order valence-electron chi connectivity index (χ2n) is 4.65. The van der Waals surface area contributed by atoms with E-state index in [0.717, 1.165) is 29.7 Å². The van der Waals surface area contributed by atoms with Gasteiger partial charge in [0.15, 0.2) is 0 Å². The Bertz CT molecular complexity index is 397. The molecular formula is C13H18ClNO. The third kappa shape index (κ3) is 2.18. The van der Waals surface area contributed by atoms with Crippen molar-refractivity contribution in [3.8, 4) is 5.75 Å². The van der Waals surface area contributed by atoms with Crippen molar-refractivity contribution < 1.29 is 5.11 Å². The summed E-state index contributed by atoms with van der Waals surface area (Å²) in [7, 11) is 0. The number of hydrogen-bond donors (Lipinski definition) is 2. The van der Waals surface area contributed by atoms with Crippen LogP contribution in [-0.4, -0.2) is 17.7 Å². The summed E-state index contributed by atoms with van der Waals surface area (Å²) in [6.07, 6.45) is 3.28. The number of rotatable bonds is 2. The summed E-state index contributed by atoms with van der Waals surface area (Å²) in [5.41, 5.74) is 3.07. The molecule has 88 valence electrons. The Kier molecular flexibility index (Phi) is 3.41. The van der Waals surface area contributed by atoms with E-state index >= 15 is 0 Å². The molecule has 0 aromatic heterocycles. The van der Waals surface area contributed by atoms with E-state index in [-0.39, 0.29) is 5.75 Å². The number of halogens is 1. The molecule has 2 nitrogen and oxygen atoms in total. The van der Waals surface area contributed by atoms with Gasteiger partial charge in [-0.05, 0) is 56.3 Å². The molecule has 1 aliphatic heterocycles. The Balaban J connectivity index is 2.28. The first-order chi connectivity index (χ1) is 7.59. The van der Waals surface area contributed by atoms with Crippen molar-refractivity contribution in [1.82, 2.24) is 5.32 Å². The molecule has 0 saturated carbocycles. The van der Waals surface area contributed by atoms with E-state index in [1.54, 1.807) is 0 Å². The highest BCUT2D eigenvalue weighted by atomic mass is 35.5. The van der Waals surface area contributed by atoms with Crippen molar-refractivity contribution in [2.24, 2.45) is 0 Å². The molecule has 1 unspecified atom stereocenters. The molecule has 0 spiro atoms. The first-order valence-electron chi connectivity index (χ1n) is 5.80. The Morgan fingerprint density at radius 2 is 2.19 bits per heavy atom. The minimum atomic E-state index is 0.271. The zero-order valence-electron chi connectivity index (χ0n) is 9.81. The first-order valence-corrected chi connectivity index (χ1v) is 6.18. The largest absolute Gasteiger partial charge is 0.506 e. The van der Waals surface area contributed by atoms with Gasteiger partial charge in [0.05, 0.1) is 5.02 Å². The predicted octanol–water partition coefficient (Wildman–Crippen LogP) is 2.96. The van der Waals surface area contributed by atoms with Crippen molar-refractivity contribution in [1.29, 1.82) is 0 Å². The summed E-state index contributed by atoms with van der Waals surface area (Å²) in [5.74, 6) is 0.271. The minimum Gasteiger partial charge on any atom is -0.506 e. The van der Waals surface area contributed by atoms with Gasteiger partial charge in [-0.15, -0.1) is 0 Å². The van der Waals surface area contributed by atoms with Crippen LogP contribution in [0.4, 0.5) is 0 Å². The third-order valence-electron chi connectivity index (χ3n) is 3.36. The molecule has 2 rings (SSSR count). The Morgan fingerprint density at radius 3 is 2.81 bits per heavy atom. The van der Waals surface area contributed by atoms with Crippen molar-refractivity contribution in [3.05, 3.63) is 27.8 Å². The van der Waals surface area contributed by atoms with E-state index in [9.17, 15) is 5.11 Å². The Morgan fingerprint density at radius 1 is 1.44 bits per heavy atom. The Hall–Kier alpha value is -0.730. The van der Waals surface area contributed by atoms with Crippen LogP contribution in [0.3, 0.4) is 0 Å². The molecule has 16 heavy (non-hydrogen) atoms. The quantitative estimate of drug-likeness (QED) is 0.832. The molecule has 2 N–H and O–H groups in total. The predicted molar refractivity (Wildman–Crippen MR) is 67.3 cm³/mol. The maximum atomic E-state index is 10.1. The summed E-state index contributed by atoms with van der Waals surface area (Å²) < 4.78 is 0. The number of nitrogens with one attached hydrogen (secondary N) is 1. The average molecular weight is 240 g/mol. The smallest absolute Gasteiger partial charge is 0.137 e. The molecule has 0 bridgehead atoms. The normalized spacial score (nSPS) is 20.3. The molecule has 1 aromatic carbocycles. The van der Waals surface area contributed by atoms with Crippen LogP contribution in [0.1, 0.15) is 29.5 Å². The van der Waals surface area contributed by atoms with Crippen LogP contribution in [-0.2, 0) is 6.42 Å². The lowest BCUT2D eigenvalue weighted by Gasteiger charge is -2.16. The number of benzene rings is 1. The zero-order valence-corrected chi connectivity index (χ0v) is 10.6. The van der Waals surface area contributed by atoms with Crippen molar-refractivity contribution in [3.63, 3.8) is 0 Å². The molecule has 0 amide bonds. The van der Waals surface area contributed by atoms with Gasteiger partial charge in [-0.3, -0.25) is 0 Å². The lowest BCUT2D eigenvalue weighted by Crippen LogP contribution is -2.24. The monoisotopic (exact) mass is 239 g/mol. The first kappa shape index (κ1) is 11.7. The van der Waals surface area contributed by atoms with Crippen molar-refractivity contribution >= 4 is 11.6 Å². The summed E-state index contributed by atoms with van der Waals surface area (Å²) in [6.45, 7) is 5.05.